The fraction of sp³-hybridized carbons (Fsp3) is 0.467. The Bertz CT molecular complexity index is 492. The molecule has 0 aliphatic carbocycles. The number of ether oxygens (including phenoxy) is 3. The molecule has 1 aliphatic rings. The van der Waals surface area contributed by atoms with E-state index in [1.54, 1.807) is 0 Å². The summed E-state index contributed by atoms with van der Waals surface area (Å²) in [7, 11) is 0. The number of hydrogen-bond acceptors (Lipinski definition) is 5. The molecule has 7 heteroatoms. The van der Waals surface area contributed by atoms with Gasteiger partial charge in [0.15, 0.2) is 6.04 Å². The number of rotatable bonds is 7. The fourth-order valence-electron chi connectivity index (χ4n) is 2.08. The van der Waals surface area contributed by atoms with E-state index in [2.05, 4.69) is 0 Å². The number of carbonyl (C=O) groups excluding carboxylic acids is 1. The van der Waals surface area contributed by atoms with Crippen LogP contribution in [-0.4, -0.2) is 67.5 Å². The highest BCUT2D eigenvalue weighted by atomic mass is 16.5. The summed E-state index contributed by atoms with van der Waals surface area (Å²) in [6.45, 7) is 1.03. The Kier molecular flexibility index (Phi) is 6.17. The molecule has 0 aromatic heterocycles. The smallest absolute Gasteiger partial charge is 0.328 e. The van der Waals surface area contributed by atoms with Crippen LogP contribution in [0.3, 0.4) is 0 Å². The van der Waals surface area contributed by atoms with Crippen LogP contribution in [0.2, 0.25) is 0 Å². The van der Waals surface area contributed by atoms with E-state index < -0.39 is 12.0 Å². The molecule has 2 rings (SSSR count). The van der Waals surface area contributed by atoms with E-state index in [0.29, 0.717) is 13.2 Å². The van der Waals surface area contributed by atoms with Gasteiger partial charge >= 0.3 is 5.97 Å². The van der Waals surface area contributed by atoms with Gasteiger partial charge in [-0.1, -0.05) is 18.2 Å². The van der Waals surface area contributed by atoms with Gasteiger partial charge in [-0.2, -0.15) is 0 Å². The second-order valence-electron chi connectivity index (χ2n) is 4.73. The number of benzene rings is 1. The van der Waals surface area contributed by atoms with Crippen LogP contribution in [0.4, 0.5) is 0 Å². The van der Waals surface area contributed by atoms with E-state index in [1.807, 2.05) is 30.3 Å². The molecule has 1 atom stereocenters. The molecule has 0 saturated carbocycles. The number of nitrogens with zero attached hydrogens (tertiary/aromatic N) is 1. The van der Waals surface area contributed by atoms with Crippen LogP contribution in [0.25, 0.3) is 0 Å². The van der Waals surface area contributed by atoms with Crippen molar-refractivity contribution in [3.8, 4) is 5.75 Å². The molecular formula is C15H19NO6. The Morgan fingerprint density at radius 1 is 1.27 bits per heavy atom. The van der Waals surface area contributed by atoms with Crippen molar-refractivity contribution in [3.05, 3.63) is 30.3 Å². The minimum atomic E-state index is -1.07. The normalized spacial score (nSPS) is 18.0. The SMILES string of the molecule is O=C(O)C1COCCN1C(=O)COCCOc1ccccc1. The number of amides is 1. The fourth-order valence-corrected chi connectivity index (χ4v) is 2.08. The van der Waals surface area contributed by atoms with Crippen LogP contribution in [0.15, 0.2) is 30.3 Å². The summed E-state index contributed by atoms with van der Waals surface area (Å²) in [4.78, 5) is 24.3. The third-order valence-electron chi connectivity index (χ3n) is 3.20. The predicted molar refractivity (Wildman–Crippen MR) is 76.7 cm³/mol. The molecule has 0 bridgehead atoms. The third kappa shape index (κ3) is 4.71. The van der Waals surface area contributed by atoms with Crippen molar-refractivity contribution in [3.63, 3.8) is 0 Å². The highest BCUT2D eigenvalue weighted by molar-refractivity contribution is 5.84. The van der Waals surface area contributed by atoms with Gasteiger partial charge in [0.05, 0.1) is 19.8 Å². The number of carboxylic acid groups (broad SMARTS) is 1. The van der Waals surface area contributed by atoms with Crippen LogP contribution in [0, 0.1) is 0 Å². The third-order valence-corrected chi connectivity index (χ3v) is 3.20. The molecular weight excluding hydrogens is 290 g/mol. The van der Waals surface area contributed by atoms with Gasteiger partial charge in [0.2, 0.25) is 5.91 Å². The Hall–Kier alpha value is -2.12. The molecule has 1 saturated heterocycles. The Morgan fingerprint density at radius 2 is 2.05 bits per heavy atom. The van der Waals surface area contributed by atoms with E-state index in [1.165, 1.54) is 4.90 Å². The van der Waals surface area contributed by atoms with Gasteiger partial charge in [-0.05, 0) is 12.1 Å². The minimum absolute atomic E-state index is 0.0121. The molecule has 22 heavy (non-hydrogen) atoms. The maximum absolute atomic E-state index is 12.0. The van der Waals surface area contributed by atoms with Crippen molar-refractivity contribution in [2.45, 2.75) is 6.04 Å². The maximum Gasteiger partial charge on any atom is 0.328 e. The maximum atomic E-state index is 12.0. The van der Waals surface area contributed by atoms with E-state index in [4.69, 9.17) is 19.3 Å². The van der Waals surface area contributed by atoms with Crippen LogP contribution in [-0.2, 0) is 19.1 Å². The van der Waals surface area contributed by atoms with E-state index in [9.17, 15) is 9.59 Å². The number of carboxylic acids is 1. The summed E-state index contributed by atoms with van der Waals surface area (Å²) in [6.07, 6.45) is 0. The number of morpholine rings is 1. The standard InChI is InChI=1S/C15H19NO6/c17-14(16-6-7-20-10-13(16)15(18)19)11-21-8-9-22-12-4-2-1-3-5-12/h1-5,13H,6-11H2,(H,18,19). The van der Waals surface area contributed by atoms with Crippen LogP contribution < -0.4 is 4.74 Å². The highest BCUT2D eigenvalue weighted by Gasteiger charge is 2.32. The topological polar surface area (TPSA) is 85.3 Å². The lowest BCUT2D eigenvalue weighted by Gasteiger charge is -2.32. The minimum Gasteiger partial charge on any atom is -0.491 e. The molecule has 7 nitrogen and oxygen atoms in total. The highest BCUT2D eigenvalue weighted by Crippen LogP contribution is 2.09. The van der Waals surface area contributed by atoms with Crippen molar-refractivity contribution in [1.29, 1.82) is 0 Å². The second-order valence-corrected chi connectivity index (χ2v) is 4.73. The van der Waals surface area contributed by atoms with Gasteiger partial charge in [-0.25, -0.2) is 4.79 Å². The molecule has 1 amide bonds. The summed E-state index contributed by atoms with van der Waals surface area (Å²) < 4.78 is 15.8. The lowest BCUT2D eigenvalue weighted by Crippen LogP contribution is -2.53. The molecule has 1 aliphatic heterocycles. The molecule has 1 heterocycles. The number of carbonyl (C=O) groups is 2. The molecule has 0 radical (unpaired) electrons. The first-order chi connectivity index (χ1) is 10.7. The lowest BCUT2D eigenvalue weighted by atomic mass is 10.2. The Balaban J connectivity index is 1.67. The zero-order chi connectivity index (χ0) is 15.8. The molecule has 1 aromatic carbocycles. The van der Waals surface area contributed by atoms with Crippen molar-refractivity contribution >= 4 is 11.9 Å². The summed E-state index contributed by atoms with van der Waals surface area (Å²) in [6, 6.07) is 8.34. The van der Waals surface area contributed by atoms with Gasteiger partial charge in [0.25, 0.3) is 0 Å². The first-order valence-electron chi connectivity index (χ1n) is 7.04. The monoisotopic (exact) mass is 309 g/mol. The van der Waals surface area contributed by atoms with Gasteiger partial charge < -0.3 is 24.2 Å². The number of aliphatic carboxylic acids is 1. The zero-order valence-corrected chi connectivity index (χ0v) is 12.1. The largest absolute Gasteiger partial charge is 0.491 e. The Morgan fingerprint density at radius 3 is 2.77 bits per heavy atom. The van der Waals surface area contributed by atoms with Gasteiger partial charge in [-0.3, -0.25) is 4.79 Å². The molecule has 1 aromatic rings. The van der Waals surface area contributed by atoms with E-state index >= 15 is 0 Å². The quantitative estimate of drug-likeness (QED) is 0.734. The van der Waals surface area contributed by atoms with Gasteiger partial charge in [0.1, 0.15) is 19.0 Å². The average Bonchev–Trinajstić information content (AvgIpc) is 2.55. The van der Waals surface area contributed by atoms with Crippen molar-refractivity contribution < 1.29 is 28.9 Å². The van der Waals surface area contributed by atoms with Crippen LogP contribution >= 0.6 is 0 Å². The molecule has 1 unspecified atom stereocenters. The second kappa shape index (κ2) is 8.35. The van der Waals surface area contributed by atoms with E-state index in [-0.39, 0.29) is 32.3 Å². The Labute approximate surface area is 128 Å². The molecule has 0 spiro atoms. The summed E-state index contributed by atoms with van der Waals surface area (Å²) in [5.74, 6) is -0.688. The summed E-state index contributed by atoms with van der Waals surface area (Å²) in [5.41, 5.74) is 0. The van der Waals surface area contributed by atoms with Crippen molar-refractivity contribution in [2.24, 2.45) is 0 Å². The van der Waals surface area contributed by atoms with Gasteiger partial charge in [0, 0.05) is 6.54 Å². The van der Waals surface area contributed by atoms with Crippen LogP contribution in [0.5, 0.6) is 5.75 Å². The molecule has 1 fully saturated rings. The first kappa shape index (κ1) is 16.3. The summed E-state index contributed by atoms with van der Waals surface area (Å²) >= 11 is 0. The lowest BCUT2D eigenvalue weighted by molar-refractivity contribution is -0.160. The predicted octanol–water partition coefficient (Wildman–Crippen LogP) is 0.394. The summed E-state index contributed by atoms with van der Waals surface area (Å²) in [5, 5.41) is 9.06. The van der Waals surface area contributed by atoms with Crippen LogP contribution in [0.1, 0.15) is 0 Å². The van der Waals surface area contributed by atoms with Crippen molar-refractivity contribution in [1.82, 2.24) is 4.90 Å². The number of hydrogen-bond donors (Lipinski definition) is 1. The zero-order valence-electron chi connectivity index (χ0n) is 12.1. The average molecular weight is 309 g/mol. The molecule has 1 N–H and O–H groups in total. The van der Waals surface area contributed by atoms with Gasteiger partial charge in [-0.15, -0.1) is 0 Å². The van der Waals surface area contributed by atoms with Crippen molar-refractivity contribution in [2.75, 3.05) is 39.6 Å². The van der Waals surface area contributed by atoms with E-state index in [0.717, 1.165) is 5.75 Å². The number of para-hydroxylation sites is 1. The first-order valence-corrected chi connectivity index (χ1v) is 7.04. The molecule has 120 valence electrons.